The molecule has 0 amide bonds. The third-order valence-electron chi connectivity index (χ3n) is 7.70. The molecule has 0 aromatic heterocycles. The van der Waals surface area contributed by atoms with Crippen molar-refractivity contribution in [1.29, 1.82) is 0 Å². The lowest BCUT2D eigenvalue weighted by Gasteiger charge is -2.41. The van der Waals surface area contributed by atoms with E-state index in [-0.39, 0.29) is 35.8 Å². The lowest BCUT2D eigenvalue weighted by Crippen LogP contribution is -2.48. The first-order valence-corrected chi connectivity index (χ1v) is 14.5. The van der Waals surface area contributed by atoms with Crippen molar-refractivity contribution in [2.75, 3.05) is 0 Å². The van der Waals surface area contributed by atoms with Gasteiger partial charge in [-0.1, -0.05) is 37.5 Å². The van der Waals surface area contributed by atoms with Crippen LogP contribution < -0.4 is 0 Å². The number of unbranched alkanes of at least 4 members (excludes halogenated alkanes) is 4. The van der Waals surface area contributed by atoms with Crippen molar-refractivity contribution in [3.8, 4) is 11.5 Å². The molecule has 1 aromatic carbocycles. The van der Waals surface area contributed by atoms with Crippen molar-refractivity contribution in [3.05, 3.63) is 48.1 Å². The Kier molecular flexibility index (Phi) is 10.6. The Hall–Kier alpha value is -2.88. The van der Waals surface area contributed by atoms with Gasteiger partial charge in [-0.2, -0.15) is 0 Å². The first-order valence-electron chi connectivity index (χ1n) is 14.5. The number of aliphatic hydroxyl groups is 1. The van der Waals surface area contributed by atoms with Crippen LogP contribution in [-0.4, -0.2) is 63.6 Å². The number of hydrogen-bond donors (Lipinski definition) is 3. The molecule has 3 aliphatic rings. The highest BCUT2D eigenvalue weighted by Gasteiger charge is 2.54. The number of esters is 2. The summed E-state index contributed by atoms with van der Waals surface area (Å²) >= 11 is 0. The van der Waals surface area contributed by atoms with E-state index in [9.17, 15) is 24.9 Å². The molecule has 1 aromatic rings. The Morgan fingerprint density at radius 2 is 1.90 bits per heavy atom. The number of fused-ring (bicyclic) bond motifs is 1. The molecule has 2 saturated heterocycles. The Bertz CT molecular complexity index is 1070. The minimum Gasteiger partial charge on any atom is -0.504 e. The molecule has 0 bridgehead atoms. The third kappa shape index (κ3) is 8.81. The molecule has 9 heteroatoms. The molecule has 2 fully saturated rings. The highest BCUT2D eigenvalue weighted by atomic mass is 16.7. The van der Waals surface area contributed by atoms with Gasteiger partial charge in [0.15, 0.2) is 17.3 Å². The van der Waals surface area contributed by atoms with E-state index in [4.69, 9.17) is 18.9 Å². The number of carbonyl (C=O) groups is 2. The van der Waals surface area contributed by atoms with Gasteiger partial charge in [-0.3, -0.25) is 4.79 Å². The van der Waals surface area contributed by atoms with Crippen molar-refractivity contribution in [3.63, 3.8) is 0 Å². The SMILES string of the molecule is CC(=O)OC1CC(CC(O)CCCCCC/C=C/CCc2ccc(O)c(O)c2)OC2(C1)CC1OC(=O)C=CC1O2. The Labute approximate surface area is 235 Å². The smallest absolute Gasteiger partial charge is 0.330 e. The molecule has 3 N–H and O–H groups in total. The number of aromatic hydroxyl groups is 2. The molecule has 40 heavy (non-hydrogen) atoms. The van der Waals surface area contributed by atoms with E-state index in [0.29, 0.717) is 32.1 Å². The molecule has 3 aliphatic heterocycles. The fraction of sp³-hybridized carbons (Fsp3) is 0.613. The third-order valence-corrected chi connectivity index (χ3v) is 7.70. The highest BCUT2D eigenvalue weighted by molar-refractivity contribution is 5.83. The van der Waals surface area contributed by atoms with Crippen LogP contribution in [0.4, 0.5) is 0 Å². The fourth-order valence-corrected chi connectivity index (χ4v) is 5.86. The number of aryl methyl sites for hydroxylation is 1. The van der Waals surface area contributed by atoms with Gasteiger partial charge in [0.2, 0.25) is 0 Å². The maximum Gasteiger partial charge on any atom is 0.330 e. The first kappa shape index (κ1) is 30.1. The topological polar surface area (TPSA) is 132 Å². The van der Waals surface area contributed by atoms with Gasteiger partial charge in [0, 0.05) is 32.3 Å². The van der Waals surface area contributed by atoms with Crippen molar-refractivity contribution in [2.24, 2.45) is 0 Å². The summed E-state index contributed by atoms with van der Waals surface area (Å²) in [5.41, 5.74) is 0.991. The van der Waals surface area contributed by atoms with Crippen LogP contribution in [-0.2, 0) is 35.0 Å². The molecule has 4 rings (SSSR count). The predicted molar refractivity (Wildman–Crippen MR) is 146 cm³/mol. The van der Waals surface area contributed by atoms with Gasteiger partial charge in [0.1, 0.15) is 18.3 Å². The van der Waals surface area contributed by atoms with Crippen LogP contribution in [0, 0.1) is 0 Å². The normalized spacial score (nSPS) is 28.5. The Balaban J connectivity index is 1.12. The zero-order valence-corrected chi connectivity index (χ0v) is 23.2. The summed E-state index contributed by atoms with van der Waals surface area (Å²) < 4.78 is 23.4. The number of phenolic OH excluding ortho intramolecular Hbond substituents is 2. The number of hydrogen-bond acceptors (Lipinski definition) is 9. The molecule has 6 unspecified atom stereocenters. The van der Waals surface area contributed by atoms with Gasteiger partial charge in [-0.15, -0.1) is 0 Å². The van der Waals surface area contributed by atoms with Gasteiger partial charge in [0.25, 0.3) is 0 Å². The van der Waals surface area contributed by atoms with Gasteiger partial charge >= 0.3 is 11.9 Å². The summed E-state index contributed by atoms with van der Waals surface area (Å²) in [5, 5.41) is 29.7. The number of ether oxygens (including phenoxy) is 4. The number of phenols is 2. The van der Waals surface area contributed by atoms with Crippen molar-refractivity contribution < 1.29 is 43.9 Å². The lowest BCUT2D eigenvalue weighted by molar-refractivity contribution is -0.286. The maximum atomic E-state index is 11.7. The Morgan fingerprint density at radius 3 is 2.70 bits per heavy atom. The summed E-state index contributed by atoms with van der Waals surface area (Å²) in [7, 11) is 0. The van der Waals surface area contributed by atoms with E-state index in [1.807, 2.05) is 6.07 Å². The van der Waals surface area contributed by atoms with Crippen LogP contribution in [0.25, 0.3) is 0 Å². The summed E-state index contributed by atoms with van der Waals surface area (Å²) in [6.45, 7) is 1.38. The number of carbonyl (C=O) groups excluding carboxylic acids is 2. The largest absolute Gasteiger partial charge is 0.504 e. The maximum absolute atomic E-state index is 11.7. The number of allylic oxidation sites excluding steroid dienone is 2. The van der Waals surface area contributed by atoms with Crippen LogP contribution in [0.1, 0.15) is 83.1 Å². The standard InChI is InChI=1S/C31H42O9/c1-21(32)37-25-18-24(39-31(19-25)20-29-28(40-31)14-15-30(36)38-29)17-23(33)11-9-7-5-3-2-4-6-8-10-22-12-13-26(34)27(35)16-22/h4,6,12-16,23-25,28-29,33-35H,2-3,5,7-11,17-20H2,1H3/b6-4+. The molecule has 3 heterocycles. The minimum atomic E-state index is -1.01. The molecular formula is C31H42O9. The quantitative estimate of drug-likeness (QED) is 0.136. The lowest BCUT2D eigenvalue weighted by atomic mass is 9.91. The molecule has 0 aliphatic carbocycles. The van der Waals surface area contributed by atoms with Gasteiger partial charge in [-0.05, 0) is 62.3 Å². The molecule has 6 atom stereocenters. The van der Waals surface area contributed by atoms with E-state index < -0.39 is 24.0 Å². The van der Waals surface area contributed by atoms with E-state index in [1.54, 1.807) is 12.1 Å². The summed E-state index contributed by atoms with van der Waals surface area (Å²) in [4.78, 5) is 23.3. The number of benzene rings is 1. The van der Waals surface area contributed by atoms with Crippen LogP contribution in [0.15, 0.2) is 42.5 Å². The molecule has 0 saturated carbocycles. The highest BCUT2D eigenvalue weighted by Crippen LogP contribution is 2.44. The van der Waals surface area contributed by atoms with Crippen LogP contribution >= 0.6 is 0 Å². The van der Waals surface area contributed by atoms with E-state index in [1.165, 1.54) is 19.1 Å². The number of rotatable bonds is 13. The Morgan fingerprint density at radius 1 is 1.10 bits per heavy atom. The zero-order valence-electron chi connectivity index (χ0n) is 23.2. The minimum absolute atomic E-state index is 0.0835. The van der Waals surface area contributed by atoms with Crippen LogP contribution in [0.3, 0.4) is 0 Å². The second kappa shape index (κ2) is 14.1. The second-order valence-corrected chi connectivity index (χ2v) is 11.2. The van der Waals surface area contributed by atoms with Crippen molar-refractivity contribution in [2.45, 2.75) is 120 Å². The van der Waals surface area contributed by atoms with Gasteiger partial charge < -0.3 is 34.3 Å². The first-order chi connectivity index (χ1) is 19.2. The monoisotopic (exact) mass is 558 g/mol. The van der Waals surface area contributed by atoms with Gasteiger partial charge in [0.05, 0.1) is 12.2 Å². The molecule has 9 nitrogen and oxygen atoms in total. The van der Waals surface area contributed by atoms with Crippen molar-refractivity contribution in [1.82, 2.24) is 0 Å². The molecule has 1 spiro atoms. The summed E-state index contributed by atoms with van der Waals surface area (Å²) in [5.74, 6) is -1.95. The van der Waals surface area contributed by atoms with E-state index >= 15 is 0 Å². The summed E-state index contributed by atoms with van der Waals surface area (Å²) in [6, 6.07) is 4.92. The molecule has 0 radical (unpaired) electrons. The average Bonchev–Trinajstić information content (AvgIpc) is 3.22. The zero-order chi connectivity index (χ0) is 28.5. The van der Waals surface area contributed by atoms with E-state index in [2.05, 4.69) is 12.2 Å². The fourth-order valence-electron chi connectivity index (χ4n) is 5.86. The number of aliphatic hydroxyl groups excluding tert-OH is 1. The predicted octanol–water partition coefficient (Wildman–Crippen LogP) is 4.76. The van der Waals surface area contributed by atoms with E-state index in [0.717, 1.165) is 50.5 Å². The van der Waals surface area contributed by atoms with Gasteiger partial charge in [-0.25, -0.2) is 4.79 Å². The average molecular weight is 559 g/mol. The van der Waals surface area contributed by atoms with Crippen LogP contribution in [0.2, 0.25) is 0 Å². The summed E-state index contributed by atoms with van der Waals surface area (Å²) in [6.07, 6.45) is 14.5. The second-order valence-electron chi connectivity index (χ2n) is 11.2. The molecule has 220 valence electrons. The van der Waals surface area contributed by atoms with Crippen molar-refractivity contribution >= 4 is 11.9 Å². The molecular weight excluding hydrogens is 516 g/mol. The van der Waals surface area contributed by atoms with Crippen LogP contribution in [0.5, 0.6) is 11.5 Å².